The SMILES string of the molecule is COc1ccc(-c2nnc(S[C@H](C)C(=O)N(C)Cc3ccccc3)n2N)cc1. The van der Waals surface area contributed by atoms with Crippen molar-refractivity contribution in [2.45, 2.75) is 23.9 Å². The second-order valence-electron chi connectivity index (χ2n) is 6.34. The number of nitrogen functional groups attached to an aromatic ring is 1. The van der Waals surface area contributed by atoms with Crippen molar-refractivity contribution in [3.05, 3.63) is 60.2 Å². The molecule has 0 radical (unpaired) electrons. The summed E-state index contributed by atoms with van der Waals surface area (Å²) in [6.07, 6.45) is 0. The molecule has 1 aromatic heterocycles. The zero-order chi connectivity index (χ0) is 20.1. The van der Waals surface area contributed by atoms with Crippen LogP contribution in [-0.4, -0.2) is 45.1 Å². The number of hydrogen-bond acceptors (Lipinski definition) is 6. The summed E-state index contributed by atoms with van der Waals surface area (Å²) in [5, 5.41) is 8.46. The van der Waals surface area contributed by atoms with Crippen LogP contribution in [0.3, 0.4) is 0 Å². The zero-order valence-corrected chi connectivity index (χ0v) is 16.9. The molecule has 0 bridgehead atoms. The average molecular weight is 398 g/mol. The lowest BCUT2D eigenvalue weighted by atomic mass is 10.2. The molecule has 1 amide bonds. The molecule has 0 unspecified atom stereocenters. The number of aromatic nitrogens is 3. The Labute approximate surface area is 168 Å². The molecule has 0 aliphatic carbocycles. The van der Waals surface area contributed by atoms with Crippen LogP contribution in [0.5, 0.6) is 5.75 Å². The number of benzene rings is 2. The van der Waals surface area contributed by atoms with Crippen molar-refractivity contribution < 1.29 is 9.53 Å². The van der Waals surface area contributed by atoms with E-state index in [1.165, 1.54) is 16.4 Å². The minimum atomic E-state index is -0.344. The van der Waals surface area contributed by atoms with Gasteiger partial charge in [0.1, 0.15) is 5.75 Å². The Kier molecular flexibility index (Phi) is 6.20. The monoisotopic (exact) mass is 397 g/mol. The van der Waals surface area contributed by atoms with Gasteiger partial charge in [-0.15, -0.1) is 10.2 Å². The molecule has 0 fully saturated rings. The van der Waals surface area contributed by atoms with Crippen LogP contribution < -0.4 is 10.6 Å². The van der Waals surface area contributed by atoms with Gasteiger partial charge in [-0.05, 0) is 36.8 Å². The molecule has 7 nitrogen and oxygen atoms in total. The maximum Gasteiger partial charge on any atom is 0.235 e. The maximum absolute atomic E-state index is 12.7. The van der Waals surface area contributed by atoms with E-state index in [2.05, 4.69) is 10.2 Å². The van der Waals surface area contributed by atoms with Crippen molar-refractivity contribution in [3.63, 3.8) is 0 Å². The van der Waals surface area contributed by atoms with Crippen LogP contribution >= 0.6 is 11.8 Å². The first kappa shape index (κ1) is 19.8. The van der Waals surface area contributed by atoms with Gasteiger partial charge in [-0.25, -0.2) is 4.68 Å². The molecule has 1 atom stereocenters. The number of nitrogens with zero attached hydrogens (tertiary/aromatic N) is 4. The highest BCUT2D eigenvalue weighted by Crippen LogP contribution is 2.26. The molecule has 3 aromatic rings. The van der Waals surface area contributed by atoms with E-state index in [4.69, 9.17) is 10.6 Å². The third-order valence-electron chi connectivity index (χ3n) is 4.28. The maximum atomic E-state index is 12.7. The lowest BCUT2D eigenvalue weighted by Gasteiger charge is -2.21. The van der Waals surface area contributed by atoms with Gasteiger partial charge in [-0.2, -0.15) is 0 Å². The Balaban J connectivity index is 1.67. The highest BCUT2D eigenvalue weighted by molar-refractivity contribution is 8.00. The molecule has 0 spiro atoms. The average Bonchev–Trinajstić information content (AvgIpc) is 3.08. The molecule has 0 aliphatic rings. The van der Waals surface area contributed by atoms with E-state index in [0.717, 1.165) is 16.9 Å². The molecule has 3 rings (SSSR count). The quantitative estimate of drug-likeness (QED) is 0.487. The fourth-order valence-corrected chi connectivity index (χ4v) is 3.63. The van der Waals surface area contributed by atoms with Gasteiger partial charge in [0.2, 0.25) is 11.1 Å². The van der Waals surface area contributed by atoms with Gasteiger partial charge in [0.05, 0.1) is 12.4 Å². The number of carbonyl (C=O) groups excluding carboxylic acids is 1. The third kappa shape index (κ3) is 4.45. The Morgan fingerprint density at radius 1 is 1.18 bits per heavy atom. The standard InChI is InChI=1S/C20H23N5O2S/c1-14(19(26)24(2)13-15-7-5-4-6-8-15)28-20-23-22-18(25(20)21)16-9-11-17(27-3)12-10-16/h4-12,14H,13,21H2,1-3H3/t14-/m1/s1. The fraction of sp³-hybridized carbons (Fsp3) is 0.250. The largest absolute Gasteiger partial charge is 0.497 e. The topological polar surface area (TPSA) is 86.3 Å². The van der Waals surface area contributed by atoms with E-state index in [1.54, 1.807) is 19.1 Å². The number of ether oxygens (including phenoxy) is 1. The number of hydrogen-bond donors (Lipinski definition) is 1. The number of methoxy groups -OCH3 is 1. The lowest BCUT2D eigenvalue weighted by molar-refractivity contribution is -0.129. The molecule has 0 saturated carbocycles. The Hall–Kier alpha value is -3.00. The number of carbonyl (C=O) groups is 1. The molecule has 2 N–H and O–H groups in total. The van der Waals surface area contributed by atoms with Crippen molar-refractivity contribution in [1.82, 2.24) is 19.8 Å². The van der Waals surface area contributed by atoms with Gasteiger partial charge in [-0.1, -0.05) is 42.1 Å². The third-order valence-corrected chi connectivity index (χ3v) is 5.33. The van der Waals surface area contributed by atoms with E-state index in [0.29, 0.717) is 17.5 Å². The summed E-state index contributed by atoms with van der Waals surface area (Å²) < 4.78 is 6.57. The van der Waals surface area contributed by atoms with E-state index in [-0.39, 0.29) is 11.2 Å². The molecular formula is C20H23N5O2S. The van der Waals surface area contributed by atoms with Crippen molar-refractivity contribution in [3.8, 4) is 17.1 Å². The number of thioether (sulfide) groups is 1. The van der Waals surface area contributed by atoms with Gasteiger partial charge in [0.15, 0.2) is 5.82 Å². The van der Waals surface area contributed by atoms with Crippen LogP contribution in [0.2, 0.25) is 0 Å². The number of rotatable bonds is 7. The Morgan fingerprint density at radius 3 is 2.50 bits per heavy atom. The van der Waals surface area contributed by atoms with Gasteiger partial charge in [0, 0.05) is 19.2 Å². The Morgan fingerprint density at radius 2 is 1.86 bits per heavy atom. The van der Waals surface area contributed by atoms with Crippen LogP contribution in [0.15, 0.2) is 59.8 Å². The number of amides is 1. The first-order valence-corrected chi connectivity index (χ1v) is 9.68. The van der Waals surface area contributed by atoms with Crippen molar-refractivity contribution in [1.29, 1.82) is 0 Å². The van der Waals surface area contributed by atoms with Crippen LogP contribution in [0.4, 0.5) is 0 Å². The second-order valence-corrected chi connectivity index (χ2v) is 7.65. The summed E-state index contributed by atoms with van der Waals surface area (Å²) in [6, 6.07) is 17.3. The minimum Gasteiger partial charge on any atom is -0.497 e. The van der Waals surface area contributed by atoms with Crippen LogP contribution in [0.25, 0.3) is 11.4 Å². The van der Waals surface area contributed by atoms with Crippen molar-refractivity contribution in [2.75, 3.05) is 20.0 Å². The predicted octanol–water partition coefficient (Wildman–Crippen LogP) is 2.81. The second kappa shape index (κ2) is 8.79. The van der Waals surface area contributed by atoms with Crippen LogP contribution in [0.1, 0.15) is 12.5 Å². The smallest absolute Gasteiger partial charge is 0.235 e. The normalized spacial score (nSPS) is 11.8. The van der Waals surface area contributed by atoms with E-state index in [9.17, 15) is 4.79 Å². The van der Waals surface area contributed by atoms with E-state index >= 15 is 0 Å². The summed E-state index contributed by atoms with van der Waals surface area (Å²) in [4.78, 5) is 14.4. The van der Waals surface area contributed by atoms with Gasteiger partial charge >= 0.3 is 0 Å². The molecule has 0 saturated heterocycles. The fourth-order valence-electron chi connectivity index (χ4n) is 2.75. The number of nitrogens with two attached hydrogens (primary N) is 1. The van der Waals surface area contributed by atoms with Crippen LogP contribution in [0, 0.1) is 0 Å². The summed E-state index contributed by atoms with van der Waals surface area (Å²) >= 11 is 1.29. The molecule has 28 heavy (non-hydrogen) atoms. The van der Waals surface area contributed by atoms with Gasteiger partial charge < -0.3 is 15.5 Å². The first-order valence-electron chi connectivity index (χ1n) is 8.80. The van der Waals surface area contributed by atoms with Gasteiger partial charge in [-0.3, -0.25) is 4.79 Å². The molecule has 146 valence electrons. The molecule has 8 heteroatoms. The first-order chi connectivity index (χ1) is 13.5. The predicted molar refractivity (Wildman–Crippen MR) is 110 cm³/mol. The molecule has 1 heterocycles. The van der Waals surface area contributed by atoms with E-state index in [1.807, 2.05) is 61.5 Å². The molecule has 2 aromatic carbocycles. The van der Waals surface area contributed by atoms with Crippen molar-refractivity contribution in [2.24, 2.45) is 0 Å². The summed E-state index contributed by atoms with van der Waals surface area (Å²) in [7, 11) is 3.41. The summed E-state index contributed by atoms with van der Waals surface area (Å²) in [6.45, 7) is 2.40. The van der Waals surface area contributed by atoms with Gasteiger partial charge in [0.25, 0.3) is 0 Å². The zero-order valence-electron chi connectivity index (χ0n) is 16.1. The summed E-state index contributed by atoms with van der Waals surface area (Å²) in [5.41, 5.74) is 1.90. The molecular weight excluding hydrogens is 374 g/mol. The van der Waals surface area contributed by atoms with Crippen LogP contribution in [-0.2, 0) is 11.3 Å². The Bertz CT molecular complexity index is 928. The minimum absolute atomic E-state index is 0.00264. The summed E-state index contributed by atoms with van der Waals surface area (Å²) in [5.74, 6) is 7.45. The molecule has 0 aliphatic heterocycles. The lowest BCUT2D eigenvalue weighted by Crippen LogP contribution is -2.33. The highest BCUT2D eigenvalue weighted by Gasteiger charge is 2.22. The highest BCUT2D eigenvalue weighted by atomic mass is 32.2. The van der Waals surface area contributed by atoms with E-state index < -0.39 is 0 Å². The van der Waals surface area contributed by atoms with Crippen molar-refractivity contribution >= 4 is 17.7 Å².